The number of carbonyl (C=O) groups is 2. The second-order valence-corrected chi connectivity index (χ2v) is 4.85. The highest BCUT2D eigenvalue weighted by atomic mass is 79.9. The van der Waals surface area contributed by atoms with E-state index in [0.29, 0.717) is 0 Å². The summed E-state index contributed by atoms with van der Waals surface area (Å²) in [6, 6.07) is -0.505. The van der Waals surface area contributed by atoms with E-state index in [4.69, 9.17) is 0 Å². The number of rotatable bonds is 0. The van der Waals surface area contributed by atoms with Crippen molar-refractivity contribution in [2.45, 2.75) is 17.5 Å². The van der Waals surface area contributed by atoms with Crippen molar-refractivity contribution in [2.24, 2.45) is 0 Å². The minimum Gasteiger partial charge on any atom is -0.371 e. The maximum Gasteiger partial charge on any atom is 0.328 e. The lowest BCUT2D eigenvalue weighted by atomic mass is 10.1. The zero-order valence-corrected chi connectivity index (χ0v) is 9.20. The molecule has 3 amide bonds. The Bertz CT molecular complexity index is 266. The number of carbonyl (C=O) groups excluding carboxylic acids is 2. The molecule has 5 nitrogen and oxygen atoms in total. The third-order valence-corrected chi connectivity index (χ3v) is 2.91. The molecule has 1 aliphatic heterocycles. The molecule has 1 heterocycles. The predicted octanol–water partition coefficient (Wildman–Crippen LogP) is -0.0178. The summed E-state index contributed by atoms with van der Waals surface area (Å²) in [5.41, 5.74) is 0. The van der Waals surface area contributed by atoms with Gasteiger partial charge in [-0.25, -0.2) is 4.79 Å². The minimum atomic E-state index is -1.14. The first-order valence-electron chi connectivity index (χ1n) is 3.72. The number of alkyl halides is 1. The Morgan fingerprint density at radius 2 is 1.92 bits per heavy atom. The number of urea groups is 1. The number of hydrogen-bond acceptors (Lipinski definition) is 3. The van der Waals surface area contributed by atoms with Crippen molar-refractivity contribution in [3.05, 3.63) is 0 Å². The molecule has 0 unspecified atom stereocenters. The highest BCUT2D eigenvalue weighted by molar-refractivity contribution is 9.10. The summed E-state index contributed by atoms with van der Waals surface area (Å²) in [5.74, 6) is -0.442. The highest BCUT2D eigenvalue weighted by Gasteiger charge is 2.50. The molecule has 1 aliphatic rings. The van der Waals surface area contributed by atoms with Crippen LogP contribution in [0.4, 0.5) is 4.79 Å². The summed E-state index contributed by atoms with van der Waals surface area (Å²) in [5, 5.41) is 9.57. The average molecular weight is 251 g/mol. The van der Waals surface area contributed by atoms with Crippen molar-refractivity contribution < 1.29 is 14.7 Å². The van der Waals surface area contributed by atoms with Gasteiger partial charge >= 0.3 is 6.03 Å². The number of nitrogens with zero attached hydrogens (tertiary/aromatic N) is 2. The SMILES string of the molecule is CN1C(=O)N(C)[C@H](O)[C@@](C)(Br)C1=O. The Morgan fingerprint density at radius 3 is 2.38 bits per heavy atom. The number of aliphatic hydroxyl groups excluding tert-OH is 1. The fourth-order valence-electron chi connectivity index (χ4n) is 1.23. The summed E-state index contributed by atoms with van der Waals surface area (Å²) in [4.78, 5) is 24.8. The first kappa shape index (κ1) is 10.5. The maximum absolute atomic E-state index is 11.5. The quantitative estimate of drug-likeness (QED) is 0.615. The molecule has 1 fully saturated rings. The van der Waals surface area contributed by atoms with Crippen molar-refractivity contribution in [3.8, 4) is 0 Å². The highest BCUT2D eigenvalue weighted by Crippen LogP contribution is 2.30. The van der Waals surface area contributed by atoms with Gasteiger partial charge in [0.25, 0.3) is 5.91 Å². The Morgan fingerprint density at radius 1 is 1.46 bits per heavy atom. The van der Waals surface area contributed by atoms with Gasteiger partial charge in [-0.05, 0) is 6.92 Å². The van der Waals surface area contributed by atoms with Gasteiger partial charge in [-0.2, -0.15) is 0 Å². The van der Waals surface area contributed by atoms with E-state index in [1.165, 1.54) is 21.0 Å². The minimum absolute atomic E-state index is 0.442. The number of halogens is 1. The lowest BCUT2D eigenvalue weighted by Crippen LogP contribution is -2.65. The zero-order valence-electron chi connectivity index (χ0n) is 7.61. The monoisotopic (exact) mass is 250 g/mol. The molecule has 2 atom stereocenters. The molecule has 1 N–H and O–H groups in total. The molecule has 0 spiro atoms. The fourth-order valence-corrected chi connectivity index (χ4v) is 1.80. The van der Waals surface area contributed by atoms with Gasteiger partial charge in [-0.3, -0.25) is 14.6 Å². The summed E-state index contributed by atoms with van der Waals surface area (Å²) < 4.78 is -1.12. The molecule has 0 bridgehead atoms. The Labute approximate surface area is 84.4 Å². The van der Waals surface area contributed by atoms with Crippen LogP contribution in [0, 0.1) is 0 Å². The van der Waals surface area contributed by atoms with Crippen molar-refractivity contribution >= 4 is 27.9 Å². The van der Waals surface area contributed by atoms with Crippen LogP contribution in [-0.2, 0) is 4.79 Å². The second-order valence-electron chi connectivity index (χ2n) is 3.21. The molecular formula is C7H11BrN2O3. The van der Waals surface area contributed by atoms with Gasteiger partial charge in [0.1, 0.15) is 4.32 Å². The van der Waals surface area contributed by atoms with Gasteiger partial charge in [-0.15, -0.1) is 0 Å². The number of hydrogen-bond donors (Lipinski definition) is 1. The van der Waals surface area contributed by atoms with Crippen LogP contribution in [0.3, 0.4) is 0 Å². The largest absolute Gasteiger partial charge is 0.371 e. The summed E-state index contributed by atoms with van der Waals surface area (Å²) >= 11 is 3.10. The van der Waals surface area contributed by atoms with Crippen molar-refractivity contribution in [2.75, 3.05) is 14.1 Å². The Balaban J connectivity index is 3.07. The van der Waals surface area contributed by atoms with Gasteiger partial charge in [0, 0.05) is 14.1 Å². The van der Waals surface area contributed by atoms with Crippen LogP contribution in [0.2, 0.25) is 0 Å². The van der Waals surface area contributed by atoms with Crippen LogP contribution in [0.25, 0.3) is 0 Å². The predicted molar refractivity (Wildman–Crippen MR) is 49.3 cm³/mol. The standard InChI is InChI=1S/C7H11BrN2O3/c1-7(8)4(11)9(2)6(13)10(3)5(7)12/h4,11H,1-3H3/t4-,7-/m1/s1. The number of imide groups is 1. The summed E-state index contributed by atoms with van der Waals surface area (Å²) in [6.45, 7) is 1.53. The van der Waals surface area contributed by atoms with Crippen LogP contribution in [0.15, 0.2) is 0 Å². The van der Waals surface area contributed by atoms with Crippen LogP contribution in [0.5, 0.6) is 0 Å². The van der Waals surface area contributed by atoms with E-state index in [1.807, 2.05) is 0 Å². The molecular weight excluding hydrogens is 240 g/mol. The van der Waals surface area contributed by atoms with Crippen LogP contribution in [0.1, 0.15) is 6.92 Å². The molecule has 0 aromatic carbocycles. The van der Waals surface area contributed by atoms with Crippen LogP contribution < -0.4 is 0 Å². The van der Waals surface area contributed by atoms with Crippen LogP contribution in [-0.4, -0.2) is 51.5 Å². The molecule has 1 rings (SSSR count). The van der Waals surface area contributed by atoms with Gasteiger partial charge in [0.2, 0.25) is 0 Å². The summed E-state index contributed by atoms with van der Waals surface area (Å²) in [6.07, 6.45) is -1.14. The normalized spacial score (nSPS) is 35.6. The van der Waals surface area contributed by atoms with Crippen molar-refractivity contribution in [3.63, 3.8) is 0 Å². The Hall–Kier alpha value is -0.620. The van der Waals surface area contributed by atoms with Gasteiger partial charge in [0.15, 0.2) is 6.23 Å². The molecule has 0 radical (unpaired) electrons. The average Bonchev–Trinajstić information content (AvgIpc) is 2.09. The lowest BCUT2D eigenvalue weighted by Gasteiger charge is -2.42. The maximum atomic E-state index is 11.5. The van der Waals surface area contributed by atoms with E-state index in [0.717, 1.165) is 9.80 Å². The second kappa shape index (κ2) is 2.95. The van der Waals surface area contributed by atoms with E-state index in [1.54, 1.807) is 0 Å². The van der Waals surface area contributed by atoms with Gasteiger partial charge in [-0.1, -0.05) is 15.9 Å². The lowest BCUT2D eigenvalue weighted by molar-refractivity contribution is -0.140. The van der Waals surface area contributed by atoms with E-state index in [2.05, 4.69) is 15.9 Å². The van der Waals surface area contributed by atoms with E-state index < -0.39 is 22.5 Å². The Kier molecular flexibility index (Phi) is 2.38. The van der Waals surface area contributed by atoms with Gasteiger partial charge < -0.3 is 5.11 Å². The van der Waals surface area contributed by atoms with E-state index >= 15 is 0 Å². The topological polar surface area (TPSA) is 60.9 Å². The van der Waals surface area contributed by atoms with Crippen molar-refractivity contribution in [1.82, 2.24) is 9.80 Å². The van der Waals surface area contributed by atoms with E-state index in [9.17, 15) is 14.7 Å². The molecule has 0 saturated carbocycles. The van der Waals surface area contributed by atoms with Crippen LogP contribution >= 0.6 is 15.9 Å². The molecule has 0 aliphatic carbocycles. The number of amides is 3. The molecule has 0 aromatic heterocycles. The third-order valence-electron chi connectivity index (χ3n) is 2.16. The summed E-state index contributed by atoms with van der Waals surface area (Å²) in [7, 11) is 2.82. The van der Waals surface area contributed by atoms with E-state index in [-0.39, 0.29) is 0 Å². The fraction of sp³-hybridized carbons (Fsp3) is 0.714. The molecule has 0 aromatic rings. The smallest absolute Gasteiger partial charge is 0.328 e. The van der Waals surface area contributed by atoms with Crippen molar-refractivity contribution in [1.29, 1.82) is 0 Å². The molecule has 6 heteroatoms. The zero-order chi connectivity index (χ0) is 10.4. The van der Waals surface area contributed by atoms with Gasteiger partial charge in [0.05, 0.1) is 0 Å². The first-order chi connectivity index (χ1) is 5.80. The first-order valence-corrected chi connectivity index (χ1v) is 4.51. The molecule has 1 saturated heterocycles. The molecule has 74 valence electrons. The third kappa shape index (κ3) is 1.34. The molecule has 13 heavy (non-hydrogen) atoms. The number of aliphatic hydroxyl groups is 1.